The first-order valence-electron chi connectivity index (χ1n) is 8.02. The predicted octanol–water partition coefficient (Wildman–Crippen LogP) is 0.868. The number of ether oxygens (including phenoxy) is 1. The Balaban J connectivity index is 0.00000484. The summed E-state index contributed by atoms with van der Waals surface area (Å²) in [6.45, 7) is 8.86. The molecule has 138 valence electrons. The summed E-state index contributed by atoms with van der Waals surface area (Å²) in [6.07, 6.45) is 3.01. The van der Waals surface area contributed by atoms with E-state index in [9.17, 15) is 8.42 Å². The van der Waals surface area contributed by atoms with Gasteiger partial charge in [-0.2, -0.15) is 0 Å². The van der Waals surface area contributed by atoms with Gasteiger partial charge in [-0.15, -0.1) is 24.0 Å². The summed E-state index contributed by atoms with van der Waals surface area (Å²) >= 11 is 0. The largest absolute Gasteiger partial charge is 0.380 e. The molecular formula is C14H31IN4O3S. The standard InChI is InChI=1S/C14H30N4O3S.HI/c1-4-15-14(16-8-11-21-5-2)17-12-13-6-9-18(10-7-13)22(3,19)20;/h13H,4-12H2,1-3H3,(H2,15,16,17);1H. The van der Waals surface area contributed by atoms with Crippen LogP contribution in [0, 0.1) is 5.92 Å². The SMILES string of the molecule is CCNC(=NCC1CCN(S(C)(=O)=O)CC1)NCCOCC.I. The molecule has 1 aliphatic rings. The second kappa shape index (κ2) is 12.3. The van der Waals surface area contributed by atoms with E-state index in [-0.39, 0.29) is 24.0 Å². The number of rotatable bonds is 8. The van der Waals surface area contributed by atoms with E-state index in [1.54, 1.807) is 4.31 Å². The van der Waals surface area contributed by atoms with Crippen LogP contribution in [0.25, 0.3) is 0 Å². The number of hydrogen-bond donors (Lipinski definition) is 2. The predicted molar refractivity (Wildman–Crippen MR) is 105 cm³/mol. The number of guanidine groups is 1. The van der Waals surface area contributed by atoms with Crippen LogP contribution in [-0.2, 0) is 14.8 Å². The second-order valence-electron chi connectivity index (χ2n) is 5.45. The fourth-order valence-corrected chi connectivity index (χ4v) is 3.25. The highest BCUT2D eigenvalue weighted by Crippen LogP contribution is 2.19. The van der Waals surface area contributed by atoms with Crippen molar-refractivity contribution >= 4 is 40.0 Å². The van der Waals surface area contributed by atoms with E-state index in [4.69, 9.17) is 4.74 Å². The number of piperidine rings is 1. The third-order valence-corrected chi connectivity index (χ3v) is 4.94. The first-order valence-corrected chi connectivity index (χ1v) is 9.87. The molecule has 0 bridgehead atoms. The topological polar surface area (TPSA) is 83.0 Å². The molecule has 7 nitrogen and oxygen atoms in total. The monoisotopic (exact) mass is 462 g/mol. The minimum absolute atomic E-state index is 0. The maximum absolute atomic E-state index is 11.5. The number of aliphatic imine (C=N–C) groups is 1. The molecule has 0 aromatic heterocycles. The highest BCUT2D eigenvalue weighted by molar-refractivity contribution is 14.0. The Kier molecular flexibility index (Phi) is 12.2. The molecule has 2 N–H and O–H groups in total. The summed E-state index contributed by atoms with van der Waals surface area (Å²) in [6, 6.07) is 0. The lowest BCUT2D eigenvalue weighted by molar-refractivity contribution is 0.152. The maximum Gasteiger partial charge on any atom is 0.211 e. The molecule has 9 heteroatoms. The zero-order chi connectivity index (χ0) is 16.4. The fourth-order valence-electron chi connectivity index (χ4n) is 2.37. The molecule has 0 amide bonds. The van der Waals surface area contributed by atoms with Crippen molar-refractivity contribution in [3.63, 3.8) is 0 Å². The Morgan fingerprint density at radius 3 is 2.43 bits per heavy atom. The molecule has 0 spiro atoms. The summed E-state index contributed by atoms with van der Waals surface area (Å²) in [5.41, 5.74) is 0. The van der Waals surface area contributed by atoms with Gasteiger partial charge in [-0.3, -0.25) is 4.99 Å². The van der Waals surface area contributed by atoms with Crippen molar-refractivity contribution in [2.75, 3.05) is 52.2 Å². The summed E-state index contributed by atoms with van der Waals surface area (Å²) in [4.78, 5) is 4.59. The van der Waals surface area contributed by atoms with E-state index in [2.05, 4.69) is 15.6 Å². The van der Waals surface area contributed by atoms with E-state index in [0.717, 1.165) is 38.4 Å². The Labute approximate surface area is 157 Å². The number of nitrogens with one attached hydrogen (secondary N) is 2. The van der Waals surface area contributed by atoms with Gasteiger partial charge < -0.3 is 15.4 Å². The smallest absolute Gasteiger partial charge is 0.211 e. The van der Waals surface area contributed by atoms with Crippen molar-refractivity contribution < 1.29 is 13.2 Å². The van der Waals surface area contributed by atoms with E-state index >= 15 is 0 Å². The van der Waals surface area contributed by atoms with Crippen LogP contribution >= 0.6 is 24.0 Å². The molecule has 1 rings (SSSR count). The molecule has 0 atom stereocenters. The average Bonchev–Trinajstić information content (AvgIpc) is 2.48. The van der Waals surface area contributed by atoms with Crippen LogP contribution in [-0.4, -0.2) is 70.9 Å². The van der Waals surface area contributed by atoms with Crippen LogP contribution in [0.4, 0.5) is 0 Å². The maximum atomic E-state index is 11.5. The summed E-state index contributed by atoms with van der Waals surface area (Å²) < 4.78 is 29.8. The van der Waals surface area contributed by atoms with Crippen molar-refractivity contribution in [2.24, 2.45) is 10.9 Å². The Morgan fingerprint density at radius 1 is 1.26 bits per heavy atom. The van der Waals surface area contributed by atoms with Gasteiger partial charge in [-0.05, 0) is 32.6 Å². The first kappa shape index (κ1) is 22.9. The van der Waals surface area contributed by atoms with Crippen LogP contribution in [0.1, 0.15) is 26.7 Å². The third kappa shape index (κ3) is 9.68. The molecular weight excluding hydrogens is 431 g/mol. The first-order chi connectivity index (χ1) is 10.5. The lowest BCUT2D eigenvalue weighted by atomic mass is 9.98. The van der Waals surface area contributed by atoms with E-state index in [1.807, 2.05) is 13.8 Å². The van der Waals surface area contributed by atoms with Gasteiger partial charge in [0, 0.05) is 39.3 Å². The van der Waals surface area contributed by atoms with Crippen molar-refractivity contribution in [1.29, 1.82) is 0 Å². The normalized spacial score (nSPS) is 17.6. The molecule has 1 saturated heterocycles. The second-order valence-corrected chi connectivity index (χ2v) is 7.43. The van der Waals surface area contributed by atoms with Gasteiger partial charge in [0.15, 0.2) is 5.96 Å². The molecule has 1 fully saturated rings. The Bertz CT molecular complexity index is 437. The van der Waals surface area contributed by atoms with Gasteiger partial charge in [0.1, 0.15) is 0 Å². The minimum atomic E-state index is -3.05. The number of hydrogen-bond acceptors (Lipinski definition) is 4. The van der Waals surface area contributed by atoms with Crippen molar-refractivity contribution in [2.45, 2.75) is 26.7 Å². The summed E-state index contributed by atoms with van der Waals surface area (Å²) in [5.74, 6) is 1.24. The fraction of sp³-hybridized carbons (Fsp3) is 0.929. The lowest BCUT2D eigenvalue weighted by Gasteiger charge is -2.29. The number of sulfonamides is 1. The molecule has 1 heterocycles. The molecule has 1 aliphatic heterocycles. The zero-order valence-corrected chi connectivity index (χ0v) is 17.5. The summed E-state index contributed by atoms with van der Waals surface area (Å²) in [7, 11) is -3.05. The lowest BCUT2D eigenvalue weighted by Crippen LogP contribution is -2.40. The van der Waals surface area contributed by atoms with E-state index in [1.165, 1.54) is 6.26 Å². The van der Waals surface area contributed by atoms with Crippen LogP contribution in [0.2, 0.25) is 0 Å². The van der Waals surface area contributed by atoms with Gasteiger partial charge >= 0.3 is 0 Å². The van der Waals surface area contributed by atoms with Gasteiger partial charge in [0.05, 0.1) is 12.9 Å². The Hall–Kier alpha value is -0.130. The molecule has 23 heavy (non-hydrogen) atoms. The molecule has 0 unspecified atom stereocenters. The van der Waals surface area contributed by atoms with E-state index < -0.39 is 10.0 Å². The molecule has 0 aromatic carbocycles. The average molecular weight is 462 g/mol. The van der Waals surface area contributed by atoms with Gasteiger partial charge in [-0.1, -0.05) is 0 Å². The number of halogens is 1. The molecule has 0 aromatic rings. The summed E-state index contributed by atoms with van der Waals surface area (Å²) in [5, 5.41) is 6.44. The minimum Gasteiger partial charge on any atom is -0.380 e. The van der Waals surface area contributed by atoms with Gasteiger partial charge in [0.25, 0.3) is 0 Å². The Morgan fingerprint density at radius 2 is 1.91 bits per heavy atom. The number of nitrogens with zero attached hydrogens (tertiary/aromatic N) is 2. The highest BCUT2D eigenvalue weighted by atomic mass is 127. The van der Waals surface area contributed by atoms with Crippen LogP contribution in [0.15, 0.2) is 4.99 Å². The quantitative estimate of drug-likeness (QED) is 0.242. The van der Waals surface area contributed by atoms with Crippen molar-refractivity contribution in [3.8, 4) is 0 Å². The van der Waals surface area contributed by atoms with Crippen LogP contribution < -0.4 is 10.6 Å². The molecule has 0 radical (unpaired) electrons. The molecule has 0 saturated carbocycles. The van der Waals surface area contributed by atoms with Crippen molar-refractivity contribution in [3.05, 3.63) is 0 Å². The highest BCUT2D eigenvalue weighted by Gasteiger charge is 2.24. The van der Waals surface area contributed by atoms with Crippen molar-refractivity contribution in [1.82, 2.24) is 14.9 Å². The van der Waals surface area contributed by atoms with Gasteiger partial charge in [-0.25, -0.2) is 12.7 Å². The van der Waals surface area contributed by atoms with Crippen LogP contribution in [0.3, 0.4) is 0 Å². The third-order valence-electron chi connectivity index (χ3n) is 3.64. The molecule has 0 aliphatic carbocycles. The van der Waals surface area contributed by atoms with Gasteiger partial charge in [0.2, 0.25) is 10.0 Å². The zero-order valence-electron chi connectivity index (χ0n) is 14.4. The van der Waals surface area contributed by atoms with Crippen LogP contribution in [0.5, 0.6) is 0 Å². The van der Waals surface area contributed by atoms with E-state index in [0.29, 0.717) is 32.2 Å².